The Morgan fingerprint density at radius 3 is 2.50 bits per heavy atom. The first-order valence-corrected chi connectivity index (χ1v) is 11.7. The minimum Gasteiger partial charge on any atom is -0.446 e. The number of hydrogen-bond acceptors (Lipinski definition) is 4. The number of aliphatic hydroxyl groups excluding tert-OH is 1. The summed E-state index contributed by atoms with van der Waals surface area (Å²) in [5.41, 5.74) is 5.12. The van der Waals surface area contributed by atoms with E-state index in [1.807, 2.05) is 6.92 Å². The SMILES string of the molecule is Cc1cc(C)cc(CCNC(=O)N2CC[C@H](OC(=O)NCCO)C[C@@H]2c2ccc(F)cc2C)c1. The van der Waals surface area contributed by atoms with E-state index in [0.29, 0.717) is 25.9 Å². The van der Waals surface area contributed by atoms with Gasteiger partial charge in [0.1, 0.15) is 11.9 Å². The third kappa shape index (κ3) is 6.93. The van der Waals surface area contributed by atoms with Gasteiger partial charge in [-0.1, -0.05) is 35.4 Å². The zero-order valence-electron chi connectivity index (χ0n) is 20.1. The van der Waals surface area contributed by atoms with Crippen molar-refractivity contribution in [1.29, 1.82) is 0 Å². The first kappa shape index (κ1) is 25.5. The van der Waals surface area contributed by atoms with E-state index in [-0.39, 0.29) is 31.0 Å². The second kappa shape index (κ2) is 11.8. The molecule has 0 bridgehead atoms. The van der Waals surface area contributed by atoms with Crippen LogP contribution in [0.5, 0.6) is 0 Å². The summed E-state index contributed by atoms with van der Waals surface area (Å²) >= 11 is 0. The number of likely N-dealkylation sites (tertiary alicyclic amines) is 1. The maximum absolute atomic E-state index is 13.7. The zero-order valence-corrected chi connectivity index (χ0v) is 20.1. The summed E-state index contributed by atoms with van der Waals surface area (Å²) in [5.74, 6) is -0.335. The van der Waals surface area contributed by atoms with Crippen LogP contribution in [0.25, 0.3) is 0 Å². The Labute approximate surface area is 200 Å². The number of nitrogens with zero attached hydrogens (tertiary/aromatic N) is 1. The van der Waals surface area contributed by atoms with Crippen LogP contribution in [0.1, 0.15) is 46.7 Å². The number of amides is 3. The number of benzene rings is 2. The highest BCUT2D eigenvalue weighted by molar-refractivity contribution is 5.75. The van der Waals surface area contributed by atoms with Crippen molar-refractivity contribution in [2.24, 2.45) is 0 Å². The lowest BCUT2D eigenvalue weighted by Gasteiger charge is -2.40. The highest BCUT2D eigenvalue weighted by Crippen LogP contribution is 2.34. The van der Waals surface area contributed by atoms with E-state index in [2.05, 4.69) is 42.7 Å². The molecule has 0 radical (unpaired) electrons. The average Bonchev–Trinajstić information content (AvgIpc) is 2.77. The topological polar surface area (TPSA) is 90.9 Å². The highest BCUT2D eigenvalue weighted by Gasteiger charge is 2.35. The molecule has 0 unspecified atom stereocenters. The van der Waals surface area contributed by atoms with Gasteiger partial charge in [0.25, 0.3) is 0 Å². The van der Waals surface area contributed by atoms with E-state index in [1.54, 1.807) is 11.0 Å². The normalized spacial score (nSPS) is 17.9. The Morgan fingerprint density at radius 2 is 1.82 bits per heavy atom. The van der Waals surface area contributed by atoms with Gasteiger partial charge in [-0.05, 0) is 56.0 Å². The van der Waals surface area contributed by atoms with Gasteiger partial charge in [0.15, 0.2) is 0 Å². The number of carbonyl (C=O) groups excluding carboxylic acids is 2. The lowest BCUT2D eigenvalue weighted by Crippen LogP contribution is -2.49. The first-order valence-electron chi connectivity index (χ1n) is 11.7. The molecule has 3 amide bonds. The van der Waals surface area contributed by atoms with Gasteiger partial charge in [-0.3, -0.25) is 0 Å². The number of hydrogen-bond donors (Lipinski definition) is 3. The molecular weight excluding hydrogens is 437 g/mol. The van der Waals surface area contributed by atoms with Crippen LogP contribution in [0, 0.1) is 26.6 Å². The van der Waals surface area contributed by atoms with Gasteiger partial charge in [0.05, 0.1) is 12.6 Å². The number of aryl methyl sites for hydroxylation is 3. The van der Waals surface area contributed by atoms with Crippen LogP contribution in [0.2, 0.25) is 0 Å². The predicted octanol–water partition coefficient (Wildman–Crippen LogP) is 3.93. The van der Waals surface area contributed by atoms with E-state index in [4.69, 9.17) is 9.84 Å². The summed E-state index contributed by atoms with van der Waals surface area (Å²) < 4.78 is 19.2. The van der Waals surface area contributed by atoms with Crippen molar-refractivity contribution in [3.05, 3.63) is 70.0 Å². The molecule has 0 saturated carbocycles. The van der Waals surface area contributed by atoms with Gasteiger partial charge in [0, 0.05) is 32.5 Å². The molecular formula is C26H34FN3O4. The molecule has 1 fully saturated rings. The second-order valence-electron chi connectivity index (χ2n) is 8.89. The van der Waals surface area contributed by atoms with E-state index in [1.165, 1.54) is 28.8 Å². The van der Waals surface area contributed by atoms with Crippen LogP contribution >= 0.6 is 0 Å². The van der Waals surface area contributed by atoms with Gasteiger partial charge in [0.2, 0.25) is 0 Å². The third-order valence-corrected chi connectivity index (χ3v) is 6.03. The molecule has 0 aromatic heterocycles. The van der Waals surface area contributed by atoms with E-state index in [9.17, 15) is 14.0 Å². The molecule has 2 atom stereocenters. The summed E-state index contributed by atoms with van der Waals surface area (Å²) in [6, 6.07) is 10.3. The molecule has 1 saturated heterocycles. The fraction of sp³-hybridized carbons (Fsp3) is 0.462. The largest absolute Gasteiger partial charge is 0.446 e. The summed E-state index contributed by atoms with van der Waals surface area (Å²) in [6.07, 6.45) is 0.628. The van der Waals surface area contributed by atoms with Crippen molar-refractivity contribution in [2.75, 3.05) is 26.2 Å². The second-order valence-corrected chi connectivity index (χ2v) is 8.89. The van der Waals surface area contributed by atoms with Crippen LogP contribution in [0.4, 0.5) is 14.0 Å². The fourth-order valence-corrected chi connectivity index (χ4v) is 4.57. The van der Waals surface area contributed by atoms with Gasteiger partial charge >= 0.3 is 12.1 Å². The number of alkyl carbamates (subject to hydrolysis) is 1. The van der Waals surface area contributed by atoms with Gasteiger partial charge < -0.3 is 25.4 Å². The molecule has 8 heteroatoms. The number of nitrogens with one attached hydrogen (secondary N) is 2. The Morgan fingerprint density at radius 1 is 1.09 bits per heavy atom. The molecule has 2 aromatic rings. The minimum absolute atomic E-state index is 0.112. The summed E-state index contributed by atoms with van der Waals surface area (Å²) in [7, 11) is 0. The van der Waals surface area contributed by atoms with Crippen LogP contribution in [0.3, 0.4) is 0 Å². The van der Waals surface area contributed by atoms with Gasteiger partial charge in [-0.25, -0.2) is 14.0 Å². The lowest BCUT2D eigenvalue weighted by atomic mass is 9.91. The number of ether oxygens (including phenoxy) is 1. The molecule has 2 aromatic carbocycles. The molecule has 184 valence electrons. The van der Waals surface area contributed by atoms with E-state index >= 15 is 0 Å². The molecule has 0 spiro atoms. The molecule has 1 aliphatic rings. The van der Waals surface area contributed by atoms with Crippen molar-refractivity contribution >= 4 is 12.1 Å². The standard InChI is InChI=1S/C26H34FN3O4/c1-17-12-18(2)14-20(13-17)6-8-28-25(32)30-10-7-22(34-26(33)29-9-11-31)16-24(30)23-5-4-21(27)15-19(23)3/h4-5,12-15,22,24,31H,6-11,16H2,1-3H3,(H,28,32)(H,29,33)/t22-,24+/m0/s1. The number of halogens is 1. The minimum atomic E-state index is -0.597. The average molecular weight is 472 g/mol. The Balaban J connectivity index is 1.69. The van der Waals surface area contributed by atoms with Crippen LogP contribution in [0.15, 0.2) is 36.4 Å². The van der Waals surface area contributed by atoms with Crippen molar-refractivity contribution in [3.63, 3.8) is 0 Å². The molecule has 1 aliphatic heterocycles. The monoisotopic (exact) mass is 471 g/mol. The van der Waals surface area contributed by atoms with Crippen molar-refractivity contribution in [3.8, 4) is 0 Å². The number of piperidine rings is 1. The smallest absolute Gasteiger partial charge is 0.407 e. The quantitative estimate of drug-likeness (QED) is 0.571. The van der Waals surface area contributed by atoms with Crippen LogP contribution in [-0.4, -0.2) is 54.5 Å². The number of urea groups is 1. The first-order chi connectivity index (χ1) is 16.3. The number of aliphatic hydroxyl groups is 1. The maximum Gasteiger partial charge on any atom is 0.407 e. The molecule has 1 heterocycles. The molecule has 34 heavy (non-hydrogen) atoms. The molecule has 3 rings (SSSR count). The van der Waals surface area contributed by atoms with Crippen molar-refractivity contribution < 1.29 is 23.8 Å². The van der Waals surface area contributed by atoms with Gasteiger partial charge in [-0.15, -0.1) is 0 Å². The van der Waals surface area contributed by atoms with Crippen molar-refractivity contribution in [1.82, 2.24) is 15.5 Å². The highest BCUT2D eigenvalue weighted by atomic mass is 19.1. The van der Waals surface area contributed by atoms with Crippen LogP contribution < -0.4 is 10.6 Å². The molecule has 3 N–H and O–H groups in total. The Bertz CT molecular complexity index is 993. The number of rotatable bonds is 7. The fourth-order valence-electron chi connectivity index (χ4n) is 4.57. The number of carbonyl (C=O) groups is 2. The third-order valence-electron chi connectivity index (χ3n) is 6.03. The van der Waals surface area contributed by atoms with Crippen LogP contribution in [-0.2, 0) is 11.2 Å². The Hall–Kier alpha value is -3.13. The van der Waals surface area contributed by atoms with E-state index in [0.717, 1.165) is 17.5 Å². The Kier molecular flexibility index (Phi) is 8.87. The predicted molar refractivity (Wildman–Crippen MR) is 128 cm³/mol. The van der Waals surface area contributed by atoms with Gasteiger partial charge in [-0.2, -0.15) is 0 Å². The summed E-state index contributed by atoms with van der Waals surface area (Å²) in [4.78, 5) is 26.9. The molecule has 7 nitrogen and oxygen atoms in total. The lowest BCUT2D eigenvalue weighted by molar-refractivity contribution is 0.0350. The summed E-state index contributed by atoms with van der Waals surface area (Å²) in [5, 5.41) is 14.4. The van der Waals surface area contributed by atoms with E-state index < -0.39 is 12.2 Å². The van der Waals surface area contributed by atoms with Crippen molar-refractivity contribution in [2.45, 2.75) is 52.2 Å². The molecule has 0 aliphatic carbocycles. The maximum atomic E-state index is 13.7. The zero-order chi connectivity index (χ0) is 24.7. The summed E-state index contributed by atoms with van der Waals surface area (Å²) in [6.45, 7) is 6.76.